The van der Waals surface area contributed by atoms with Gasteiger partial charge in [0.15, 0.2) is 5.69 Å². The Morgan fingerprint density at radius 3 is 1.91 bits per heavy atom. The Labute approximate surface area is 192 Å². The first-order valence-electron chi connectivity index (χ1n) is 10.7. The number of aromatic nitrogens is 3. The SMILES string of the molecule is COc1cc(OC)cc(C(=O)N2CCN(C(=O)c3nnn(-c4ccc(C)cc4)c3C)CC2)c1. The van der Waals surface area contributed by atoms with Crippen molar-refractivity contribution in [1.82, 2.24) is 24.8 Å². The summed E-state index contributed by atoms with van der Waals surface area (Å²) in [6.45, 7) is 5.54. The van der Waals surface area contributed by atoms with E-state index >= 15 is 0 Å². The van der Waals surface area contributed by atoms with Gasteiger partial charge in [-0.15, -0.1) is 5.10 Å². The van der Waals surface area contributed by atoms with Gasteiger partial charge in [-0.1, -0.05) is 22.9 Å². The fourth-order valence-electron chi connectivity index (χ4n) is 3.83. The lowest BCUT2D eigenvalue weighted by atomic mass is 10.1. The lowest BCUT2D eigenvalue weighted by molar-refractivity contribution is 0.0531. The Morgan fingerprint density at radius 2 is 1.36 bits per heavy atom. The smallest absolute Gasteiger partial charge is 0.276 e. The topological polar surface area (TPSA) is 89.8 Å². The summed E-state index contributed by atoms with van der Waals surface area (Å²) in [5.41, 5.74) is 3.50. The van der Waals surface area contributed by atoms with E-state index in [9.17, 15) is 9.59 Å². The number of ether oxygens (including phenoxy) is 2. The molecule has 1 fully saturated rings. The minimum Gasteiger partial charge on any atom is -0.497 e. The van der Waals surface area contributed by atoms with E-state index in [1.54, 1.807) is 46.9 Å². The van der Waals surface area contributed by atoms with Crippen LogP contribution in [0.1, 0.15) is 32.1 Å². The van der Waals surface area contributed by atoms with Gasteiger partial charge in [-0.05, 0) is 38.1 Å². The van der Waals surface area contributed by atoms with Gasteiger partial charge in [0, 0.05) is 37.8 Å². The third-order valence-corrected chi connectivity index (χ3v) is 5.83. The zero-order valence-corrected chi connectivity index (χ0v) is 19.2. The quantitative estimate of drug-likeness (QED) is 0.595. The summed E-state index contributed by atoms with van der Waals surface area (Å²) in [5.74, 6) is 0.805. The average Bonchev–Trinajstić information content (AvgIpc) is 3.24. The van der Waals surface area contributed by atoms with E-state index in [1.807, 2.05) is 38.1 Å². The first-order valence-corrected chi connectivity index (χ1v) is 10.7. The Morgan fingerprint density at radius 1 is 0.818 bits per heavy atom. The molecule has 0 atom stereocenters. The Hall–Kier alpha value is -3.88. The van der Waals surface area contributed by atoms with E-state index in [0.29, 0.717) is 54.6 Å². The van der Waals surface area contributed by atoms with E-state index in [-0.39, 0.29) is 11.8 Å². The summed E-state index contributed by atoms with van der Waals surface area (Å²) in [5, 5.41) is 8.32. The van der Waals surface area contributed by atoms with Crippen LogP contribution in [0.5, 0.6) is 11.5 Å². The fraction of sp³-hybridized carbons (Fsp3) is 0.333. The van der Waals surface area contributed by atoms with Crippen molar-refractivity contribution in [2.45, 2.75) is 13.8 Å². The molecule has 2 heterocycles. The largest absolute Gasteiger partial charge is 0.497 e. The average molecular weight is 450 g/mol. The second kappa shape index (κ2) is 9.32. The molecule has 0 bridgehead atoms. The number of amides is 2. The molecule has 1 aliphatic heterocycles. The lowest BCUT2D eigenvalue weighted by Crippen LogP contribution is -2.50. The molecular formula is C24H27N5O4. The number of rotatable bonds is 5. The van der Waals surface area contributed by atoms with Crippen LogP contribution in [0.3, 0.4) is 0 Å². The van der Waals surface area contributed by atoms with Crippen LogP contribution in [0.15, 0.2) is 42.5 Å². The first-order chi connectivity index (χ1) is 15.9. The van der Waals surface area contributed by atoms with Gasteiger partial charge in [-0.3, -0.25) is 9.59 Å². The molecule has 0 aliphatic carbocycles. The molecule has 4 rings (SSSR count). The van der Waals surface area contributed by atoms with Gasteiger partial charge in [-0.25, -0.2) is 4.68 Å². The third kappa shape index (κ3) is 4.52. The molecule has 0 saturated carbocycles. The third-order valence-electron chi connectivity index (χ3n) is 5.83. The van der Waals surface area contributed by atoms with E-state index in [4.69, 9.17) is 9.47 Å². The summed E-state index contributed by atoms with van der Waals surface area (Å²) in [7, 11) is 3.09. The zero-order chi connectivity index (χ0) is 23.5. The minimum absolute atomic E-state index is 0.124. The molecule has 1 saturated heterocycles. The van der Waals surface area contributed by atoms with Crippen molar-refractivity contribution in [2.24, 2.45) is 0 Å². The summed E-state index contributed by atoms with van der Waals surface area (Å²) < 4.78 is 12.2. The van der Waals surface area contributed by atoms with Crippen LogP contribution < -0.4 is 9.47 Å². The van der Waals surface area contributed by atoms with Crippen molar-refractivity contribution in [3.63, 3.8) is 0 Å². The normalized spacial score (nSPS) is 13.7. The van der Waals surface area contributed by atoms with Crippen molar-refractivity contribution in [1.29, 1.82) is 0 Å². The number of nitrogens with zero attached hydrogens (tertiary/aromatic N) is 5. The van der Waals surface area contributed by atoms with Gasteiger partial charge in [0.2, 0.25) is 0 Å². The number of hydrogen-bond donors (Lipinski definition) is 0. The predicted molar refractivity (Wildman–Crippen MR) is 122 cm³/mol. The second-order valence-corrected chi connectivity index (χ2v) is 7.96. The van der Waals surface area contributed by atoms with Crippen molar-refractivity contribution in [3.05, 3.63) is 65.0 Å². The monoisotopic (exact) mass is 449 g/mol. The van der Waals surface area contributed by atoms with Gasteiger partial charge in [0.05, 0.1) is 25.6 Å². The molecule has 9 heteroatoms. The van der Waals surface area contributed by atoms with Crippen LogP contribution >= 0.6 is 0 Å². The molecular weight excluding hydrogens is 422 g/mol. The van der Waals surface area contributed by atoms with Crippen LogP contribution in [0, 0.1) is 13.8 Å². The molecule has 1 aliphatic rings. The molecule has 9 nitrogen and oxygen atoms in total. The standard InChI is InChI=1S/C24H27N5O4/c1-16-5-7-19(8-6-16)29-17(2)22(25-26-29)24(31)28-11-9-27(10-12-28)23(30)18-13-20(32-3)15-21(14-18)33-4/h5-8,13-15H,9-12H2,1-4H3. The molecule has 33 heavy (non-hydrogen) atoms. The van der Waals surface area contributed by atoms with Crippen molar-refractivity contribution >= 4 is 11.8 Å². The first kappa shape index (κ1) is 22.3. The van der Waals surface area contributed by atoms with Crippen molar-refractivity contribution in [3.8, 4) is 17.2 Å². The summed E-state index contributed by atoms with van der Waals surface area (Å²) in [6, 6.07) is 13.0. The maximum atomic E-state index is 13.1. The molecule has 0 N–H and O–H groups in total. The van der Waals surface area contributed by atoms with E-state index in [0.717, 1.165) is 11.3 Å². The number of carbonyl (C=O) groups is 2. The summed E-state index contributed by atoms with van der Waals surface area (Å²) in [6.07, 6.45) is 0. The van der Waals surface area contributed by atoms with E-state index < -0.39 is 0 Å². The van der Waals surface area contributed by atoms with Crippen molar-refractivity contribution in [2.75, 3.05) is 40.4 Å². The minimum atomic E-state index is -0.180. The second-order valence-electron chi connectivity index (χ2n) is 7.96. The number of benzene rings is 2. The number of piperazine rings is 1. The Bertz CT molecular complexity index is 1140. The highest BCUT2D eigenvalue weighted by atomic mass is 16.5. The van der Waals surface area contributed by atoms with Crippen LogP contribution in [0.2, 0.25) is 0 Å². The zero-order valence-electron chi connectivity index (χ0n) is 19.2. The molecule has 2 amide bonds. The maximum Gasteiger partial charge on any atom is 0.276 e. The maximum absolute atomic E-state index is 13.1. The van der Waals surface area contributed by atoms with Gasteiger partial charge in [-0.2, -0.15) is 0 Å². The molecule has 0 unspecified atom stereocenters. The van der Waals surface area contributed by atoms with Gasteiger partial charge < -0.3 is 19.3 Å². The number of aryl methyl sites for hydroxylation is 1. The molecule has 2 aromatic carbocycles. The molecule has 172 valence electrons. The van der Waals surface area contributed by atoms with Gasteiger partial charge in [0.1, 0.15) is 11.5 Å². The number of carbonyl (C=O) groups excluding carboxylic acids is 2. The number of hydrogen-bond acceptors (Lipinski definition) is 6. The van der Waals surface area contributed by atoms with Crippen molar-refractivity contribution < 1.29 is 19.1 Å². The van der Waals surface area contributed by atoms with E-state index in [2.05, 4.69) is 10.3 Å². The van der Waals surface area contributed by atoms with Crippen LogP contribution in [-0.4, -0.2) is 77.0 Å². The highest BCUT2D eigenvalue weighted by Gasteiger charge is 2.29. The molecule has 0 spiro atoms. The molecule has 1 aromatic heterocycles. The molecule has 0 radical (unpaired) electrons. The van der Waals surface area contributed by atoms with Crippen LogP contribution in [0.25, 0.3) is 5.69 Å². The summed E-state index contributed by atoms with van der Waals surface area (Å²) >= 11 is 0. The molecule has 3 aromatic rings. The fourth-order valence-corrected chi connectivity index (χ4v) is 3.83. The van der Waals surface area contributed by atoms with Gasteiger partial charge >= 0.3 is 0 Å². The predicted octanol–water partition coefficient (Wildman–Crippen LogP) is 2.50. The Balaban J connectivity index is 1.44. The number of methoxy groups -OCH3 is 2. The van der Waals surface area contributed by atoms with Crippen LogP contribution in [-0.2, 0) is 0 Å². The highest BCUT2D eigenvalue weighted by molar-refractivity contribution is 5.96. The van der Waals surface area contributed by atoms with E-state index in [1.165, 1.54) is 0 Å². The lowest BCUT2D eigenvalue weighted by Gasteiger charge is -2.34. The van der Waals surface area contributed by atoms with Crippen LogP contribution in [0.4, 0.5) is 0 Å². The highest BCUT2D eigenvalue weighted by Crippen LogP contribution is 2.24. The Kier molecular flexibility index (Phi) is 6.30. The summed E-state index contributed by atoms with van der Waals surface area (Å²) in [4.78, 5) is 29.6. The van der Waals surface area contributed by atoms with Gasteiger partial charge in [0.25, 0.3) is 11.8 Å².